The van der Waals surface area contributed by atoms with Crippen molar-refractivity contribution < 1.29 is 0 Å². The van der Waals surface area contributed by atoms with Gasteiger partial charge in [-0.25, -0.2) is 9.97 Å². The van der Waals surface area contributed by atoms with Gasteiger partial charge in [0.2, 0.25) is 0 Å². The Bertz CT molecular complexity index is 613. The number of pyridine rings is 1. The van der Waals surface area contributed by atoms with Gasteiger partial charge in [-0.2, -0.15) is 23.5 Å². The van der Waals surface area contributed by atoms with Crippen LogP contribution in [0.5, 0.6) is 0 Å². The molecule has 3 nitrogen and oxygen atoms in total. The number of hydrogen-bond donors (Lipinski definition) is 0. The highest BCUT2D eigenvalue weighted by atomic mass is 32.2. The Labute approximate surface area is 134 Å². The van der Waals surface area contributed by atoms with Crippen molar-refractivity contribution in [2.75, 3.05) is 17.3 Å². The number of hydrogen-bond acceptors (Lipinski definition) is 4. The van der Waals surface area contributed by atoms with E-state index in [1.54, 1.807) is 0 Å². The maximum atomic E-state index is 4.96. The fraction of sp³-hybridized carbons (Fsp3) is 0.625. The number of thioether (sulfide) groups is 2. The predicted molar refractivity (Wildman–Crippen MR) is 92.3 cm³/mol. The molecule has 112 valence electrons. The molecule has 2 saturated heterocycles. The highest BCUT2D eigenvalue weighted by Crippen LogP contribution is 2.34. The molecule has 0 aliphatic carbocycles. The van der Waals surface area contributed by atoms with E-state index in [4.69, 9.17) is 4.98 Å². The van der Waals surface area contributed by atoms with Gasteiger partial charge < -0.3 is 4.57 Å². The maximum Gasteiger partial charge on any atom is 0.160 e. The summed E-state index contributed by atoms with van der Waals surface area (Å²) in [5, 5.41) is 0.751. The lowest BCUT2D eigenvalue weighted by atomic mass is 10.0. The molecule has 2 aliphatic heterocycles. The molecule has 0 N–H and O–H groups in total. The van der Waals surface area contributed by atoms with Crippen molar-refractivity contribution in [2.24, 2.45) is 0 Å². The van der Waals surface area contributed by atoms with Gasteiger partial charge in [-0.1, -0.05) is 0 Å². The molecular formula is C16H21N3S2. The van der Waals surface area contributed by atoms with Crippen molar-refractivity contribution in [1.29, 1.82) is 0 Å². The quantitative estimate of drug-likeness (QED) is 0.857. The number of aromatic nitrogens is 3. The Morgan fingerprint density at radius 2 is 2.10 bits per heavy atom. The largest absolute Gasteiger partial charge is 0.311 e. The van der Waals surface area contributed by atoms with E-state index in [9.17, 15) is 0 Å². The van der Waals surface area contributed by atoms with Gasteiger partial charge in [-0.05, 0) is 55.1 Å². The summed E-state index contributed by atoms with van der Waals surface area (Å²) in [6.07, 6.45) is 7.16. The average Bonchev–Trinajstić information content (AvgIpc) is 3.17. The van der Waals surface area contributed by atoms with Gasteiger partial charge in [-0.3, -0.25) is 0 Å². The van der Waals surface area contributed by atoms with Crippen LogP contribution in [0.4, 0.5) is 0 Å². The normalized spacial score (nSPS) is 23.9. The zero-order valence-corrected chi connectivity index (χ0v) is 13.8. The molecule has 0 bridgehead atoms. The second kappa shape index (κ2) is 6.21. The van der Waals surface area contributed by atoms with Gasteiger partial charge in [0.05, 0.1) is 0 Å². The van der Waals surface area contributed by atoms with Crippen molar-refractivity contribution in [3.8, 4) is 0 Å². The molecule has 2 aromatic rings. The minimum Gasteiger partial charge on any atom is -0.311 e. The number of nitrogens with zero attached hydrogens (tertiary/aromatic N) is 3. The zero-order valence-electron chi connectivity index (χ0n) is 12.2. The Hall–Kier alpha value is -0.680. The highest BCUT2D eigenvalue weighted by molar-refractivity contribution is 8.00. The summed E-state index contributed by atoms with van der Waals surface area (Å²) in [5.74, 6) is 5.81. The lowest BCUT2D eigenvalue weighted by Gasteiger charge is -2.23. The second-order valence-electron chi connectivity index (χ2n) is 5.95. The van der Waals surface area contributed by atoms with Crippen LogP contribution in [0.15, 0.2) is 18.3 Å². The van der Waals surface area contributed by atoms with Crippen LogP contribution >= 0.6 is 23.5 Å². The average molecular weight is 319 g/mol. The van der Waals surface area contributed by atoms with Gasteiger partial charge in [0.25, 0.3) is 0 Å². The summed E-state index contributed by atoms with van der Waals surface area (Å²) in [4.78, 5) is 9.59. The van der Waals surface area contributed by atoms with Gasteiger partial charge in [0.15, 0.2) is 5.65 Å². The van der Waals surface area contributed by atoms with E-state index in [0.717, 1.165) is 23.0 Å². The van der Waals surface area contributed by atoms with Gasteiger partial charge in [0.1, 0.15) is 11.3 Å². The second-order valence-corrected chi connectivity index (χ2v) is 8.58. The SMILES string of the molecule is c1cnc2c(c1)nc(C1CCSCC1)n2CC1CCCS1. The van der Waals surface area contributed by atoms with Gasteiger partial charge in [-0.15, -0.1) is 0 Å². The minimum absolute atomic E-state index is 0.631. The molecule has 2 aliphatic rings. The first-order valence-corrected chi connectivity index (χ1v) is 10.1. The predicted octanol–water partition coefficient (Wildman–Crippen LogP) is 3.94. The van der Waals surface area contributed by atoms with E-state index < -0.39 is 0 Å². The molecule has 0 amide bonds. The van der Waals surface area contributed by atoms with Crippen LogP contribution < -0.4 is 0 Å². The topological polar surface area (TPSA) is 30.7 Å². The number of rotatable bonds is 3. The smallest absolute Gasteiger partial charge is 0.160 e. The lowest BCUT2D eigenvalue weighted by Crippen LogP contribution is -2.18. The maximum absolute atomic E-state index is 4.96. The molecule has 0 radical (unpaired) electrons. The van der Waals surface area contributed by atoms with Gasteiger partial charge >= 0.3 is 0 Å². The Balaban J connectivity index is 1.72. The summed E-state index contributed by atoms with van der Waals surface area (Å²) in [6, 6.07) is 4.12. The fourth-order valence-corrected chi connectivity index (χ4v) is 5.78. The molecule has 4 heterocycles. The molecule has 4 rings (SSSR count). The standard InChI is InChI=1S/C16H21N3S2/c1-4-14-16(17-7-1)19(11-13-3-2-8-21-13)15(18-14)12-5-9-20-10-6-12/h1,4,7,12-13H,2-3,5-6,8-11H2. The molecular weight excluding hydrogens is 298 g/mol. The summed E-state index contributed by atoms with van der Waals surface area (Å²) >= 11 is 4.21. The van der Waals surface area contributed by atoms with E-state index >= 15 is 0 Å². The molecule has 0 aromatic carbocycles. The number of imidazole rings is 1. The Morgan fingerprint density at radius 3 is 2.90 bits per heavy atom. The monoisotopic (exact) mass is 319 g/mol. The van der Waals surface area contributed by atoms with E-state index in [0.29, 0.717) is 5.92 Å². The summed E-state index contributed by atoms with van der Waals surface area (Å²) < 4.78 is 2.44. The van der Waals surface area contributed by atoms with Crippen molar-refractivity contribution >= 4 is 34.7 Å². The number of fused-ring (bicyclic) bond motifs is 1. The molecule has 2 fully saturated rings. The third-order valence-corrected chi connectivity index (χ3v) is 6.96. The third-order valence-electron chi connectivity index (χ3n) is 4.53. The Kier molecular flexibility index (Phi) is 4.12. The van der Waals surface area contributed by atoms with Crippen LogP contribution in [0, 0.1) is 0 Å². The van der Waals surface area contributed by atoms with Gasteiger partial charge in [0, 0.05) is 23.9 Å². The molecule has 1 unspecified atom stereocenters. The summed E-state index contributed by atoms with van der Waals surface area (Å²) in [6.45, 7) is 1.09. The van der Waals surface area contributed by atoms with E-state index in [-0.39, 0.29) is 0 Å². The highest BCUT2D eigenvalue weighted by Gasteiger charge is 2.25. The minimum atomic E-state index is 0.631. The first kappa shape index (κ1) is 13.9. The van der Waals surface area contributed by atoms with E-state index in [2.05, 4.69) is 39.1 Å². The lowest BCUT2D eigenvalue weighted by molar-refractivity contribution is 0.539. The third kappa shape index (κ3) is 2.82. The van der Waals surface area contributed by atoms with Crippen LogP contribution in [0.25, 0.3) is 11.2 Å². The molecule has 1 atom stereocenters. The molecule has 0 spiro atoms. The van der Waals surface area contributed by atoms with E-state index in [1.165, 1.54) is 48.8 Å². The zero-order chi connectivity index (χ0) is 14.1. The van der Waals surface area contributed by atoms with Crippen molar-refractivity contribution in [1.82, 2.24) is 14.5 Å². The fourth-order valence-electron chi connectivity index (χ4n) is 3.42. The molecule has 21 heavy (non-hydrogen) atoms. The van der Waals surface area contributed by atoms with Crippen LogP contribution in [0.1, 0.15) is 37.4 Å². The van der Waals surface area contributed by atoms with Crippen molar-refractivity contribution in [3.63, 3.8) is 0 Å². The van der Waals surface area contributed by atoms with Crippen molar-refractivity contribution in [3.05, 3.63) is 24.2 Å². The van der Waals surface area contributed by atoms with Crippen molar-refractivity contribution in [2.45, 2.75) is 43.4 Å². The summed E-state index contributed by atoms with van der Waals surface area (Å²) in [5.41, 5.74) is 2.17. The Morgan fingerprint density at radius 1 is 1.19 bits per heavy atom. The first-order valence-electron chi connectivity index (χ1n) is 7.92. The van der Waals surface area contributed by atoms with Crippen LogP contribution in [0.2, 0.25) is 0 Å². The molecule has 5 heteroatoms. The van der Waals surface area contributed by atoms with E-state index in [1.807, 2.05) is 12.3 Å². The van der Waals surface area contributed by atoms with Crippen LogP contribution in [-0.4, -0.2) is 37.0 Å². The first-order chi connectivity index (χ1) is 10.4. The summed E-state index contributed by atoms with van der Waals surface area (Å²) in [7, 11) is 0. The van der Waals surface area contributed by atoms with Crippen LogP contribution in [0.3, 0.4) is 0 Å². The van der Waals surface area contributed by atoms with Crippen LogP contribution in [-0.2, 0) is 6.54 Å². The molecule has 0 saturated carbocycles. The molecule has 2 aromatic heterocycles.